The molecule has 0 amide bonds. The summed E-state index contributed by atoms with van der Waals surface area (Å²) in [5, 5.41) is 3.14. The maximum Gasteiger partial charge on any atom is 0.147 e. The summed E-state index contributed by atoms with van der Waals surface area (Å²) in [6.45, 7) is 0. The lowest BCUT2D eigenvalue weighted by molar-refractivity contribution is 0.555. The maximum atomic E-state index is 13.4. The van der Waals surface area contributed by atoms with Crippen molar-refractivity contribution < 1.29 is 12.8 Å². The van der Waals surface area contributed by atoms with Crippen LogP contribution in [0.15, 0.2) is 29.2 Å². The van der Waals surface area contributed by atoms with Crippen molar-refractivity contribution in [2.24, 2.45) is 0 Å². The second-order valence-electron chi connectivity index (χ2n) is 4.50. The molecule has 108 valence electrons. The first-order chi connectivity index (χ1) is 8.92. The molecule has 0 heterocycles. The van der Waals surface area contributed by atoms with E-state index in [0.717, 1.165) is 12.2 Å². The van der Waals surface area contributed by atoms with Gasteiger partial charge in [0.25, 0.3) is 0 Å². The SMILES string of the molecule is CNC(CCCS(C)(=O)=O)CSc1ccccc1F. The molecule has 0 fully saturated rings. The van der Waals surface area contributed by atoms with E-state index in [4.69, 9.17) is 0 Å². The van der Waals surface area contributed by atoms with Gasteiger partial charge in [0.05, 0.1) is 0 Å². The topological polar surface area (TPSA) is 46.2 Å². The van der Waals surface area contributed by atoms with Gasteiger partial charge in [-0.2, -0.15) is 0 Å². The molecule has 3 nitrogen and oxygen atoms in total. The first-order valence-corrected chi connectivity index (χ1v) is 9.19. The molecule has 1 N–H and O–H groups in total. The van der Waals surface area contributed by atoms with E-state index < -0.39 is 9.84 Å². The summed E-state index contributed by atoms with van der Waals surface area (Å²) in [7, 11) is -1.06. The predicted octanol–water partition coefficient (Wildman–Crippen LogP) is 2.33. The fourth-order valence-electron chi connectivity index (χ4n) is 1.66. The normalized spacial score (nSPS) is 13.4. The first kappa shape index (κ1) is 16.5. The number of sulfone groups is 1. The van der Waals surface area contributed by atoms with E-state index in [1.54, 1.807) is 12.1 Å². The van der Waals surface area contributed by atoms with Crippen molar-refractivity contribution in [2.45, 2.75) is 23.8 Å². The quantitative estimate of drug-likeness (QED) is 0.749. The Bertz CT molecular complexity index is 491. The number of rotatable bonds is 8. The molecule has 0 aliphatic carbocycles. The van der Waals surface area contributed by atoms with Crippen LogP contribution in [0.4, 0.5) is 4.39 Å². The highest BCUT2D eigenvalue weighted by atomic mass is 32.2. The van der Waals surface area contributed by atoms with Crippen molar-refractivity contribution in [1.29, 1.82) is 0 Å². The highest BCUT2D eigenvalue weighted by molar-refractivity contribution is 7.99. The van der Waals surface area contributed by atoms with Crippen LogP contribution in [0.5, 0.6) is 0 Å². The van der Waals surface area contributed by atoms with Gasteiger partial charge in [-0.25, -0.2) is 12.8 Å². The second-order valence-corrected chi connectivity index (χ2v) is 7.82. The van der Waals surface area contributed by atoms with E-state index in [2.05, 4.69) is 5.32 Å². The van der Waals surface area contributed by atoms with Crippen molar-refractivity contribution in [3.8, 4) is 0 Å². The summed E-state index contributed by atoms with van der Waals surface area (Å²) < 4.78 is 35.5. The van der Waals surface area contributed by atoms with Gasteiger partial charge in [0.2, 0.25) is 0 Å². The number of hydrogen-bond donors (Lipinski definition) is 1. The van der Waals surface area contributed by atoms with E-state index in [0.29, 0.717) is 11.3 Å². The summed E-state index contributed by atoms with van der Waals surface area (Å²) in [4.78, 5) is 0.630. The Morgan fingerprint density at radius 3 is 2.63 bits per heavy atom. The lowest BCUT2D eigenvalue weighted by Crippen LogP contribution is -2.28. The molecule has 1 aromatic rings. The zero-order valence-corrected chi connectivity index (χ0v) is 12.9. The Labute approximate surface area is 118 Å². The summed E-state index contributed by atoms with van der Waals surface area (Å²) in [6, 6.07) is 6.86. The van der Waals surface area contributed by atoms with Crippen LogP contribution in [0.2, 0.25) is 0 Å². The number of halogens is 1. The van der Waals surface area contributed by atoms with Gasteiger partial charge in [-0.15, -0.1) is 11.8 Å². The molecule has 0 bridgehead atoms. The standard InChI is InChI=1S/C13H20FNO2S2/c1-15-11(6-5-9-19(2,16)17)10-18-13-8-4-3-7-12(13)14/h3-4,7-8,11,15H,5-6,9-10H2,1-2H3. The Morgan fingerprint density at radius 1 is 1.37 bits per heavy atom. The molecular formula is C13H20FNO2S2. The summed E-state index contributed by atoms with van der Waals surface area (Å²) in [5.74, 6) is 0.718. The Hall–Kier alpha value is -0.590. The average Bonchev–Trinajstić information content (AvgIpc) is 2.34. The first-order valence-electron chi connectivity index (χ1n) is 6.14. The third-order valence-electron chi connectivity index (χ3n) is 2.75. The van der Waals surface area contributed by atoms with Gasteiger partial charge in [-0.1, -0.05) is 12.1 Å². The molecule has 0 spiro atoms. The number of nitrogens with one attached hydrogen (secondary N) is 1. The van der Waals surface area contributed by atoms with Crippen LogP contribution in [0.25, 0.3) is 0 Å². The van der Waals surface area contributed by atoms with Crippen molar-refractivity contribution in [3.05, 3.63) is 30.1 Å². The highest BCUT2D eigenvalue weighted by Crippen LogP contribution is 2.22. The average molecular weight is 305 g/mol. The minimum absolute atomic E-state index is 0.186. The molecule has 0 aromatic heterocycles. The molecule has 1 rings (SSSR count). The van der Waals surface area contributed by atoms with E-state index in [1.165, 1.54) is 24.1 Å². The smallest absolute Gasteiger partial charge is 0.147 e. The predicted molar refractivity (Wildman–Crippen MR) is 78.9 cm³/mol. The van der Waals surface area contributed by atoms with Crippen LogP contribution in [0.3, 0.4) is 0 Å². The van der Waals surface area contributed by atoms with Gasteiger partial charge in [0, 0.05) is 28.7 Å². The molecule has 1 atom stereocenters. The van der Waals surface area contributed by atoms with Crippen LogP contribution >= 0.6 is 11.8 Å². The van der Waals surface area contributed by atoms with Gasteiger partial charge < -0.3 is 5.32 Å². The molecule has 19 heavy (non-hydrogen) atoms. The molecule has 0 aliphatic heterocycles. The lowest BCUT2D eigenvalue weighted by Gasteiger charge is -2.15. The van der Waals surface area contributed by atoms with E-state index >= 15 is 0 Å². The van der Waals surface area contributed by atoms with Gasteiger partial charge in [0.1, 0.15) is 15.7 Å². The van der Waals surface area contributed by atoms with Gasteiger partial charge in [-0.05, 0) is 32.0 Å². The van der Waals surface area contributed by atoms with Crippen molar-refractivity contribution in [1.82, 2.24) is 5.32 Å². The Kier molecular flexibility index (Phi) is 6.82. The fraction of sp³-hybridized carbons (Fsp3) is 0.538. The number of hydrogen-bond acceptors (Lipinski definition) is 4. The van der Waals surface area contributed by atoms with E-state index in [-0.39, 0.29) is 17.6 Å². The van der Waals surface area contributed by atoms with E-state index in [1.807, 2.05) is 13.1 Å². The minimum Gasteiger partial charge on any atom is -0.316 e. The molecule has 6 heteroatoms. The van der Waals surface area contributed by atoms with Gasteiger partial charge >= 0.3 is 0 Å². The highest BCUT2D eigenvalue weighted by Gasteiger charge is 2.10. The van der Waals surface area contributed by atoms with Crippen LogP contribution in [-0.4, -0.2) is 39.3 Å². The van der Waals surface area contributed by atoms with Gasteiger partial charge in [-0.3, -0.25) is 0 Å². The van der Waals surface area contributed by atoms with Crippen molar-refractivity contribution in [2.75, 3.05) is 24.8 Å². The third kappa shape index (κ3) is 6.94. The fourth-order valence-corrected chi connectivity index (χ4v) is 3.44. The number of benzene rings is 1. The molecular weight excluding hydrogens is 285 g/mol. The Balaban J connectivity index is 2.39. The van der Waals surface area contributed by atoms with Crippen LogP contribution in [-0.2, 0) is 9.84 Å². The lowest BCUT2D eigenvalue weighted by atomic mass is 10.2. The molecule has 0 saturated heterocycles. The van der Waals surface area contributed by atoms with Crippen molar-refractivity contribution >= 4 is 21.6 Å². The maximum absolute atomic E-state index is 13.4. The minimum atomic E-state index is -2.90. The third-order valence-corrected chi connectivity index (χ3v) is 4.99. The molecule has 0 radical (unpaired) electrons. The molecule has 1 aromatic carbocycles. The zero-order valence-electron chi connectivity index (χ0n) is 11.2. The molecule has 0 saturated carbocycles. The summed E-state index contributed by atoms with van der Waals surface area (Å²) >= 11 is 1.45. The van der Waals surface area contributed by atoms with E-state index in [9.17, 15) is 12.8 Å². The monoisotopic (exact) mass is 305 g/mol. The van der Waals surface area contributed by atoms with Gasteiger partial charge in [0.15, 0.2) is 0 Å². The van der Waals surface area contributed by atoms with Crippen LogP contribution in [0, 0.1) is 5.82 Å². The van der Waals surface area contributed by atoms with Crippen molar-refractivity contribution in [3.63, 3.8) is 0 Å². The summed E-state index contributed by atoms with van der Waals surface area (Å²) in [6.07, 6.45) is 2.64. The molecule has 0 aliphatic rings. The van der Waals surface area contributed by atoms with Crippen LogP contribution in [0.1, 0.15) is 12.8 Å². The summed E-state index contributed by atoms with van der Waals surface area (Å²) in [5.41, 5.74) is 0. The number of thioether (sulfide) groups is 1. The second kappa shape index (κ2) is 7.87. The van der Waals surface area contributed by atoms with Crippen LogP contribution < -0.4 is 5.32 Å². The molecule has 1 unspecified atom stereocenters. The Morgan fingerprint density at radius 2 is 2.05 bits per heavy atom. The largest absolute Gasteiger partial charge is 0.316 e. The zero-order chi connectivity index (χ0) is 14.3.